The number of halogens is 1. The van der Waals surface area contributed by atoms with Gasteiger partial charge in [-0.15, -0.1) is 0 Å². The van der Waals surface area contributed by atoms with Crippen molar-refractivity contribution in [3.8, 4) is 5.75 Å². The van der Waals surface area contributed by atoms with Gasteiger partial charge in [0.2, 0.25) is 0 Å². The molecule has 2 aliphatic rings. The van der Waals surface area contributed by atoms with Crippen LogP contribution in [-0.2, 0) is 0 Å². The molecule has 2 aromatic carbocycles. The number of aromatic hydroxyl groups is 1. The largest absolute Gasteiger partial charge is 0.504 e. The van der Waals surface area contributed by atoms with Crippen molar-refractivity contribution in [2.75, 3.05) is 49.1 Å². The summed E-state index contributed by atoms with van der Waals surface area (Å²) in [6.07, 6.45) is 5.41. The second kappa shape index (κ2) is 9.37. The molecular weight excluding hydrogens is 397 g/mol. The molecule has 0 atom stereocenters. The molecule has 0 radical (unpaired) electrons. The van der Waals surface area contributed by atoms with Crippen LogP contribution in [0.5, 0.6) is 5.75 Å². The standard InChI is InChI=1S/C24H28FN3O3/c25-22-15-18(14-19(17-29)23(22)30)24(31)28-12-10-27(11-13-28)21-7-5-6-20(16-21)26-8-3-1-2-4-9-26/h5-7,14-17,30H,1-4,8-13H2. The first-order chi connectivity index (χ1) is 15.1. The summed E-state index contributed by atoms with van der Waals surface area (Å²) in [7, 11) is 0. The number of benzene rings is 2. The molecule has 0 unspecified atom stereocenters. The summed E-state index contributed by atoms with van der Waals surface area (Å²) in [6, 6.07) is 10.8. The van der Waals surface area contributed by atoms with Crippen LogP contribution in [0.3, 0.4) is 0 Å². The lowest BCUT2D eigenvalue weighted by Crippen LogP contribution is -2.48. The van der Waals surface area contributed by atoms with E-state index < -0.39 is 11.6 Å². The highest BCUT2D eigenvalue weighted by molar-refractivity contribution is 5.96. The van der Waals surface area contributed by atoms with E-state index in [1.807, 2.05) is 0 Å². The van der Waals surface area contributed by atoms with Crippen molar-refractivity contribution < 1.29 is 19.1 Å². The molecule has 0 bridgehead atoms. The molecule has 0 aromatic heterocycles. The topological polar surface area (TPSA) is 64.1 Å². The number of nitrogens with zero attached hydrogens (tertiary/aromatic N) is 3. The van der Waals surface area contributed by atoms with Crippen LogP contribution in [0.25, 0.3) is 0 Å². The first-order valence-corrected chi connectivity index (χ1v) is 10.9. The van der Waals surface area contributed by atoms with E-state index in [0.717, 1.165) is 24.8 Å². The molecule has 2 saturated heterocycles. The molecule has 2 aromatic rings. The predicted molar refractivity (Wildman–Crippen MR) is 119 cm³/mol. The lowest BCUT2D eigenvalue weighted by atomic mass is 10.1. The Morgan fingerprint density at radius 2 is 1.48 bits per heavy atom. The van der Waals surface area contributed by atoms with Crippen LogP contribution in [-0.4, -0.2) is 61.5 Å². The van der Waals surface area contributed by atoms with Crippen molar-refractivity contribution in [3.63, 3.8) is 0 Å². The Balaban J connectivity index is 1.42. The monoisotopic (exact) mass is 425 g/mol. The summed E-state index contributed by atoms with van der Waals surface area (Å²) in [5.41, 5.74) is 2.26. The number of amides is 1. The predicted octanol–water partition coefficient (Wildman–Crippen LogP) is 3.69. The molecule has 164 valence electrons. The third-order valence-corrected chi connectivity index (χ3v) is 6.20. The SMILES string of the molecule is O=Cc1cc(C(=O)N2CCN(c3cccc(N4CCCCCC4)c3)CC2)cc(F)c1O. The van der Waals surface area contributed by atoms with E-state index in [2.05, 4.69) is 34.1 Å². The molecule has 1 amide bonds. The highest BCUT2D eigenvalue weighted by atomic mass is 19.1. The molecule has 0 aliphatic carbocycles. The minimum Gasteiger partial charge on any atom is -0.504 e. The van der Waals surface area contributed by atoms with Gasteiger partial charge in [-0.25, -0.2) is 4.39 Å². The van der Waals surface area contributed by atoms with Gasteiger partial charge in [-0.3, -0.25) is 9.59 Å². The Morgan fingerprint density at radius 3 is 2.10 bits per heavy atom. The zero-order valence-corrected chi connectivity index (χ0v) is 17.6. The molecule has 2 heterocycles. The minimum absolute atomic E-state index is 0.0778. The van der Waals surface area contributed by atoms with E-state index in [1.165, 1.54) is 37.4 Å². The quantitative estimate of drug-likeness (QED) is 0.757. The van der Waals surface area contributed by atoms with Gasteiger partial charge in [-0.05, 0) is 43.2 Å². The molecule has 7 heteroatoms. The summed E-state index contributed by atoms with van der Waals surface area (Å²) >= 11 is 0. The van der Waals surface area contributed by atoms with E-state index in [0.29, 0.717) is 32.5 Å². The van der Waals surface area contributed by atoms with Crippen molar-refractivity contribution in [1.29, 1.82) is 0 Å². The fourth-order valence-electron chi connectivity index (χ4n) is 4.40. The lowest BCUT2D eigenvalue weighted by Gasteiger charge is -2.36. The normalized spacial score (nSPS) is 17.4. The van der Waals surface area contributed by atoms with Gasteiger partial charge < -0.3 is 19.8 Å². The molecule has 0 spiro atoms. The van der Waals surface area contributed by atoms with Crippen molar-refractivity contribution in [3.05, 3.63) is 53.3 Å². The third-order valence-electron chi connectivity index (χ3n) is 6.20. The number of phenolic OH excluding ortho intramolecular Hbond substituents is 1. The van der Waals surface area contributed by atoms with Gasteiger partial charge in [-0.1, -0.05) is 18.9 Å². The van der Waals surface area contributed by atoms with E-state index >= 15 is 0 Å². The van der Waals surface area contributed by atoms with Crippen molar-refractivity contribution in [2.45, 2.75) is 25.7 Å². The number of hydrogen-bond acceptors (Lipinski definition) is 5. The van der Waals surface area contributed by atoms with Crippen LogP contribution in [0.2, 0.25) is 0 Å². The van der Waals surface area contributed by atoms with Crippen LogP contribution in [0.15, 0.2) is 36.4 Å². The number of anilines is 2. The van der Waals surface area contributed by atoms with Crippen LogP contribution >= 0.6 is 0 Å². The van der Waals surface area contributed by atoms with Crippen LogP contribution in [0.1, 0.15) is 46.4 Å². The molecule has 2 fully saturated rings. The van der Waals surface area contributed by atoms with Gasteiger partial charge in [0.25, 0.3) is 5.91 Å². The smallest absolute Gasteiger partial charge is 0.254 e. The summed E-state index contributed by atoms with van der Waals surface area (Å²) in [5, 5.41) is 9.57. The number of carbonyl (C=O) groups excluding carboxylic acids is 2. The van der Waals surface area contributed by atoms with Gasteiger partial charge in [-0.2, -0.15) is 0 Å². The van der Waals surface area contributed by atoms with Crippen molar-refractivity contribution in [2.24, 2.45) is 0 Å². The lowest BCUT2D eigenvalue weighted by molar-refractivity contribution is 0.0746. The molecule has 4 rings (SSSR count). The van der Waals surface area contributed by atoms with E-state index in [4.69, 9.17) is 0 Å². The molecule has 2 aliphatic heterocycles. The number of piperazine rings is 1. The summed E-state index contributed by atoms with van der Waals surface area (Å²) in [5.74, 6) is -2.02. The second-order valence-corrected chi connectivity index (χ2v) is 8.21. The Kier molecular flexibility index (Phi) is 6.39. The first-order valence-electron chi connectivity index (χ1n) is 10.9. The van der Waals surface area contributed by atoms with E-state index in [9.17, 15) is 19.1 Å². The average molecular weight is 426 g/mol. The maximum atomic E-state index is 13.9. The molecule has 0 saturated carbocycles. The highest BCUT2D eigenvalue weighted by Crippen LogP contribution is 2.27. The van der Waals surface area contributed by atoms with Crippen molar-refractivity contribution in [1.82, 2.24) is 4.90 Å². The zero-order chi connectivity index (χ0) is 21.8. The second-order valence-electron chi connectivity index (χ2n) is 8.21. The van der Waals surface area contributed by atoms with Crippen LogP contribution in [0, 0.1) is 5.82 Å². The maximum absolute atomic E-state index is 13.9. The highest BCUT2D eigenvalue weighted by Gasteiger charge is 2.24. The van der Waals surface area contributed by atoms with Crippen LogP contribution in [0.4, 0.5) is 15.8 Å². The summed E-state index contributed by atoms with van der Waals surface area (Å²) in [4.78, 5) is 30.2. The maximum Gasteiger partial charge on any atom is 0.254 e. The molecular formula is C24H28FN3O3. The Hall–Kier alpha value is -3.09. The van der Waals surface area contributed by atoms with Gasteiger partial charge in [0.1, 0.15) is 0 Å². The zero-order valence-electron chi connectivity index (χ0n) is 17.6. The van der Waals surface area contributed by atoms with E-state index in [1.54, 1.807) is 4.90 Å². The summed E-state index contributed by atoms with van der Waals surface area (Å²) < 4.78 is 13.9. The Morgan fingerprint density at radius 1 is 0.871 bits per heavy atom. The van der Waals surface area contributed by atoms with E-state index in [-0.39, 0.29) is 17.0 Å². The average Bonchev–Trinajstić information content (AvgIpc) is 3.10. The van der Waals surface area contributed by atoms with Crippen molar-refractivity contribution >= 4 is 23.6 Å². The number of phenols is 1. The first kappa shape index (κ1) is 21.2. The molecule has 1 N–H and O–H groups in total. The molecule has 31 heavy (non-hydrogen) atoms. The Labute approximate surface area is 181 Å². The van der Waals surface area contributed by atoms with Gasteiger partial charge in [0, 0.05) is 56.2 Å². The third kappa shape index (κ3) is 4.65. The van der Waals surface area contributed by atoms with Gasteiger partial charge in [0.15, 0.2) is 17.9 Å². The number of rotatable bonds is 4. The number of aldehydes is 1. The minimum atomic E-state index is -0.961. The Bertz CT molecular complexity index is 949. The van der Waals surface area contributed by atoms with Gasteiger partial charge in [0.05, 0.1) is 5.56 Å². The van der Waals surface area contributed by atoms with Crippen LogP contribution < -0.4 is 9.80 Å². The fraction of sp³-hybridized carbons (Fsp3) is 0.417. The molecule has 6 nitrogen and oxygen atoms in total. The number of carbonyl (C=O) groups is 2. The van der Waals surface area contributed by atoms with Gasteiger partial charge >= 0.3 is 0 Å². The fourth-order valence-corrected chi connectivity index (χ4v) is 4.40. The number of hydrogen-bond donors (Lipinski definition) is 1. The summed E-state index contributed by atoms with van der Waals surface area (Å²) in [6.45, 7) is 4.55.